The summed E-state index contributed by atoms with van der Waals surface area (Å²) in [6.45, 7) is 1.49. The van der Waals surface area contributed by atoms with Crippen LogP contribution in [0.5, 0.6) is 0 Å². The molecule has 2 aromatic carbocycles. The maximum Gasteiger partial charge on any atom is 0.141 e. The minimum absolute atomic E-state index is 0.0180. The zero-order valence-corrected chi connectivity index (χ0v) is 11.4. The van der Waals surface area contributed by atoms with Gasteiger partial charge < -0.3 is 15.2 Å². The second kappa shape index (κ2) is 5.75. The first-order valence-corrected chi connectivity index (χ1v) is 6.92. The summed E-state index contributed by atoms with van der Waals surface area (Å²) in [5.74, 6) is 0. The highest BCUT2D eigenvalue weighted by Gasteiger charge is 2.40. The fraction of sp³-hybridized carbons (Fsp3) is 0.294. The van der Waals surface area contributed by atoms with Crippen LogP contribution in [-0.2, 0) is 15.1 Å². The van der Waals surface area contributed by atoms with Crippen molar-refractivity contribution in [3.05, 3.63) is 71.8 Å². The first-order valence-electron chi connectivity index (χ1n) is 6.92. The maximum atomic E-state index is 6.24. The van der Waals surface area contributed by atoms with Crippen molar-refractivity contribution >= 4 is 0 Å². The molecule has 0 saturated carbocycles. The average Bonchev–Trinajstić information content (AvgIpc) is 2.56. The van der Waals surface area contributed by atoms with Crippen LogP contribution in [0.3, 0.4) is 0 Å². The highest BCUT2D eigenvalue weighted by molar-refractivity contribution is 5.37. The largest absolute Gasteiger partial charge is 0.371 e. The molecule has 2 N–H and O–H groups in total. The molecule has 1 saturated heterocycles. The predicted octanol–water partition coefficient (Wildman–Crippen LogP) is 2.30. The Morgan fingerprint density at radius 2 is 1.50 bits per heavy atom. The summed E-state index contributed by atoms with van der Waals surface area (Å²) < 4.78 is 12.1. The Bertz CT molecular complexity index is 492. The zero-order chi connectivity index (χ0) is 13.8. The van der Waals surface area contributed by atoms with Crippen LogP contribution < -0.4 is 5.73 Å². The number of ether oxygens (including phenoxy) is 2. The van der Waals surface area contributed by atoms with E-state index in [1.54, 1.807) is 0 Å². The molecule has 2 aromatic rings. The van der Waals surface area contributed by atoms with Crippen molar-refractivity contribution in [1.82, 2.24) is 0 Å². The van der Waals surface area contributed by atoms with E-state index in [1.165, 1.54) is 0 Å². The monoisotopic (exact) mass is 269 g/mol. The Labute approximate surface area is 119 Å². The Balaban J connectivity index is 2.01. The quantitative estimate of drug-likeness (QED) is 0.930. The van der Waals surface area contributed by atoms with E-state index >= 15 is 0 Å². The van der Waals surface area contributed by atoms with Gasteiger partial charge in [-0.3, -0.25) is 0 Å². The van der Waals surface area contributed by atoms with Crippen LogP contribution >= 0.6 is 0 Å². The molecule has 1 aliphatic rings. The molecule has 1 unspecified atom stereocenters. The van der Waals surface area contributed by atoms with E-state index in [2.05, 4.69) is 24.3 Å². The third-order valence-electron chi connectivity index (χ3n) is 3.78. The van der Waals surface area contributed by atoms with E-state index in [1.807, 2.05) is 36.4 Å². The molecule has 20 heavy (non-hydrogen) atoms. The predicted molar refractivity (Wildman–Crippen MR) is 78.4 cm³/mol. The third kappa shape index (κ3) is 2.36. The lowest BCUT2D eigenvalue weighted by molar-refractivity contribution is -0.173. The van der Waals surface area contributed by atoms with Gasteiger partial charge in [-0.15, -0.1) is 0 Å². The number of nitrogens with two attached hydrogens (primary N) is 1. The molecule has 0 bridgehead atoms. The van der Waals surface area contributed by atoms with E-state index in [0.717, 1.165) is 11.1 Å². The number of hydrogen-bond donors (Lipinski definition) is 1. The van der Waals surface area contributed by atoms with E-state index in [-0.39, 0.29) is 6.10 Å². The first-order chi connectivity index (χ1) is 9.85. The Morgan fingerprint density at radius 3 is 1.90 bits per heavy atom. The number of benzene rings is 2. The van der Waals surface area contributed by atoms with Gasteiger partial charge in [0.25, 0.3) is 0 Å². The smallest absolute Gasteiger partial charge is 0.141 e. The highest BCUT2D eigenvalue weighted by atomic mass is 16.6. The average molecular weight is 269 g/mol. The van der Waals surface area contributed by atoms with Gasteiger partial charge in [0.15, 0.2) is 0 Å². The van der Waals surface area contributed by atoms with E-state index in [0.29, 0.717) is 19.8 Å². The Kier molecular flexibility index (Phi) is 3.83. The molecule has 3 nitrogen and oxygen atoms in total. The molecule has 0 radical (unpaired) electrons. The molecular weight excluding hydrogens is 250 g/mol. The van der Waals surface area contributed by atoms with Gasteiger partial charge in [0, 0.05) is 6.54 Å². The normalized spacial score (nSPS) is 21.6. The summed E-state index contributed by atoms with van der Waals surface area (Å²) in [7, 11) is 0. The molecule has 0 spiro atoms. The highest BCUT2D eigenvalue weighted by Crippen LogP contribution is 2.36. The van der Waals surface area contributed by atoms with Gasteiger partial charge >= 0.3 is 0 Å². The summed E-state index contributed by atoms with van der Waals surface area (Å²) in [5, 5.41) is 0. The first kappa shape index (κ1) is 13.3. The Hall–Kier alpha value is -1.68. The van der Waals surface area contributed by atoms with Crippen LogP contribution in [0.4, 0.5) is 0 Å². The van der Waals surface area contributed by atoms with Crippen molar-refractivity contribution in [2.75, 3.05) is 19.8 Å². The van der Waals surface area contributed by atoms with E-state index in [4.69, 9.17) is 15.2 Å². The Morgan fingerprint density at radius 1 is 0.950 bits per heavy atom. The van der Waals surface area contributed by atoms with Gasteiger partial charge in [0.1, 0.15) is 5.60 Å². The topological polar surface area (TPSA) is 44.5 Å². The van der Waals surface area contributed by atoms with Crippen molar-refractivity contribution < 1.29 is 9.47 Å². The standard InChI is InChI=1S/C17H19NO2/c18-11-16-12-20-17(13-19-16,14-7-3-1-4-8-14)15-9-5-2-6-10-15/h1-10,16H,11-13,18H2. The minimum Gasteiger partial charge on any atom is -0.371 e. The van der Waals surface area contributed by atoms with Crippen molar-refractivity contribution in [2.24, 2.45) is 5.73 Å². The van der Waals surface area contributed by atoms with Gasteiger partial charge in [-0.1, -0.05) is 60.7 Å². The lowest BCUT2D eigenvalue weighted by Crippen LogP contribution is -2.47. The molecule has 1 aliphatic heterocycles. The minimum atomic E-state index is -0.534. The molecule has 0 amide bonds. The van der Waals surface area contributed by atoms with Crippen LogP contribution in [0.2, 0.25) is 0 Å². The van der Waals surface area contributed by atoms with Crippen LogP contribution in [0.25, 0.3) is 0 Å². The lowest BCUT2D eigenvalue weighted by Gasteiger charge is -2.40. The molecule has 1 atom stereocenters. The van der Waals surface area contributed by atoms with Gasteiger partial charge in [-0.25, -0.2) is 0 Å². The lowest BCUT2D eigenvalue weighted by atomic mass is 9.86. The molecule has 0 aliphatic carbocycles. The fourth-order valence-corrected chi connectivity index (χ4v) is 2.61. The summed E-state index contributed by atoms with van der Waals surface area (Å²) in [6.07, 6.45) is -0.0180. The van der Waals surface area contributed by atoms with Gasteiger partial charge in [0.2, 0.25) is 0 Å². The van der Waals surface area contributed by atoms with Crippen molar-refractivity contribution in [2.45, 2.75) is 11.7 Å². The van der Waals surface area contributed by atoms with Crippen LogP contribution in [0.1, 0.15) is 11.1 Å². The third-order valence-corrected chi connectivity index (χ3v) is 3.78. The van der Waals surface area contributed by atoms with Crippen LogP contribution in [-0.4, -0.2) is 25.9 Å². The zero-order valence-electron chi connectivity index (χ0n) is 11.4. The molecular formula is C17H19NO2. The summed E-state index contributed by atoms with van der Waals surface area (Å²) in [4.78, 5) is 0. The number of rotatable bonds is 3. The van der Waals surface area contributed by atoms with Crippen LogP contribution in [0.15, 0.2) is 60.7 Å². The van der Waals surface area contributed by atoms with Gasteiger partial charge in [0.05, 0.1) is 19.3 Å². The molecule has 3 heteroatoms. The van der Waals surface area contributed by atoms with Crippen molar-refractivity contribution in [3.63, 3.8) is 0 Å². The summed E-state index contributed by atoms with van der Waals surface area (Å²) >= 11 is 0. The fourth-order valence-electron chi connectivity index (χ4n) is 2.61. The van der Waals surface area contributed by atoms with E-state index in [9.17, 15) is 0 Å². The molecule has 1 fully saturated rings. The van der Waals surface area contributed by atoms with Crippen LogP contribution in [0, 0.1) is 0 Å². The van der Waals surface area contributed by atoms with E-state index < -0.39 is 5.60 Å². The van der Waals surface area contributed by atoms with Crippen molar-refractivity contribution in [1.29, 1.82) is 0 Å². The van der Waals surface area contributed by atoms with Gasteiger partial charge in [-0.05, 0) is 11.1 Å². The van der Waals surface area contributed by atoms with Crippen molar-refractivity contribution in [3.8, 4) is 0 Å². The molecule has 1 heterocycles. The molecule has 104 valence electrons. The second-order valence-corrected chi connectivity index (χ2v) is 5.04. The number of hydrogen-bond acceptors (Lipinski definition) is 3. The molecule has 3 rings (SSSR count). The second-order valence-electron chi connectivity index (χ2n) is 5.04. The molecule has 0 aromatic heterocycles. The summed E-state index contributed by atoms with van der Waals surface area (Å²) in [5.41, 5.74) is 7.36. The van der Waals surface area contributed by atoms with Gasteiger partial charge in [-0.2, -0.15) is 0 Å². The summed E-state index contributed by atoms with van der Waals surface area (Å²) in [6, 6.07) is 20.5. The SMILES string of the molecule is NCC1COC(c2ccccc2)(c2ccccc2)CO1. The maximum absolute atomic E-state index is 6.24.